The quantitative estimate of drug-likeness (QED) is 0.808. The van der Waals surface area contributed by atoms with E-state index in [1.54, 1.807) is 4.90 Å². The van der Waals surface area contributed by atoms with E-state index in [4.69, 9.17) is 5.11 Å². The number of nitrogens with zero attached hydrogens (tertiary/aromatic N) is 1. The van der Waals surface area contributed by atoms with Crippen molar-refractivity contribution in [2.24, 2.45) is 5.92 Å². The Hall–Kier alpha value is -2.37. The molecule has 2 rings (SSSR count). The molecule has 0 bridgehead atoms. The Morgan fingerprint density at radius 1 is 1.33 bits per heavy atom. The van der Waals surface area contributed by atoms with Gasteiger partial charge in [-0.05, 0) is 32.4 Å². The molecular formula is C15H18N2O4. The zero-order chi connectivity index (χ0) is 15.6. The predicted molar refractivity (Wildman–Crippen MR) is 76.9 cm³/mol. The van der Waals surface area contributed by atoms with E-state index in [0.29, 0.717) is 13.0 Å². The normalized spacial score (nSPS) is 19.4. The van der Waals surface area contributed by atoms with E-state index < -0.39 is 23.8 Å². The number of amides is 2. The Balaban J connectivity index is 2.06. The van der Waals surface area contributed by atoms with Crippen LogP contribution in [0.5, 0.6) is 0 Å². The fourth-order valence-electron chi connectivity index (χ4n) is 2.28. The Labute approximate surface area is 122 Å². The van der Waals surface area contributed by atoms with Gasteiger partial charge in [-0.1, -0.05) is 17.7 Å². The lowest BCUT2D eigenvalue weighted by Crippen LogP contribution is -2.44. The standard InChI is InChI=1S/C15H18N2O4/c1-9-3-5-11(6-4-9)17-8-7-12(14(17)19)13(18)16-10(2)15(20)21/h3-6,10,12H,7-8H2,1-2H3,(H,16,18)(H,20,21)/t10-,12+/m1/s1. The molecule has 1 heterocycles. The molecule has 21 heavy (non-hydrogen) atoms. The zero-order valence-corrected chi connectivity index (χ0v) is 12.0. The number of carboxylic acids is 1. The molecular weight excluding hydrogens is 272 g/mol. The van der Waals surface area contributed by atoms with E-state index in [-0.39, 0.29) is 5.91 Å². The summed E-state index contributed by atoms with van der Waals surface area (Å²) in [6, 6.07) is 6.49. The van der Waals surface area contributed by atoms with Crippen LogP contribution in [-0.4, -0.2) is 35.5 Å². The van der Waals surface area contributed by atoms with E-state index >= 15 is 0 Å². The number of carboxylic acid groups (broad SMARTS) is 1. The van der Waals surface area contributed by atoms with Crippen molar-refractivity contribution in [3.05, 3.63) is 29.8 Å². The molecule has 1 fully saturated rings. The highest BCUT2D eigenvalue weighted by Gasteiger charge is 2.38. The first-order valence-corrected chi connectivity index (χ1v) is 6.81. The van der Waals surface area contributed by atoms with Crippen molar-refractivity contribution >= 4 is 23.5 Å². The van der Waals surface area contributed by atoms with Gasteiger partial charge >= 0.3 is 5.97 Å². The van der Waals surface area contributed by atoms with Gasteiger partial charge in [-0.25, -0.2) is 0 Å². The zero-order valence-electron chi connectivity index (χ0n) is 12.0. The Bertz CT molecular complexity index is 568. The minimum absolute atomic E-state index is 0.283. The van der Waals surface area contributed by atoms with Crippen molar-refractivity contribution in [3.8, 4) is 0 Å². The van der Waals surface area contributed by atoms with Crippen LogP contribution in [0.2, 0.25) is 0 Å². The van der Waals surface area contributed by atoms with Crippen molar-refractivity contribution in [2.75, 3.05) is 11.4 Å². The Morgan fingerprint density at radius 3 is 2.52 bits per heavy atom. The summed E-state index contributed by atoms with van der Waals surface area (Å²) in [5.74, 6) is -2.74. The molecule has 0 aromatic heterocycles. The molecule has 0 spiro atoms. The summed E-state index contributed by atoms with van der Waals surface area (Å²) >= 11 is 0. The van der Waals surface area contributed by atoms with Gasteiger partial charge in [0.2, 0.25) is 11.8 Å². The molecule has 112 valence electrons. The van der Waals surface area contributed by atoms with Crippen LogP contribution in [0.1, 0.15) is 18.9 Å². The fourth-order valence-corrected chi connectivity index (χ4v) is 2.28. The first kappa shape index (κ1) is 15.0. The maximum absolute atomic E-state index is 12.3. The summed E-state index contributed by atoms with van der Waals surface area (Å²) < 4.78 is 0. The summed E-state index contributed by atoms with van der Waals surface area (Å²) in [6.45, 7) is 3.79. The predicted octanol–water partition coefficient (Wildman–Crippen LogP) is 0.937. The van der Waals surface area contributed by atoms with Gasteiger partial charge in [0.1, 0.15) is 12.0 Å². The maximum atomic E-state index is 12.3. The number of carbonyl (C=O) groups excluding carboxylic acids is 2. The smallest absolute Gasteiger partial charge is 0.325 e. The van der Waals surface area contributed by atoms with Crippen molar-refractivity contribution in [3.63, 3.8) is 0 Å². The summed E-state index contributed by atoms with van der Waals surface area (Å²) in [5.41, 5.74) is 1.85. The van der Waals surface area contributed by atoms with E-state index in [1.807, 2.05) is 31.2 Å². The molecule has 6 heteroatoms. The van der Waals surface area contributed by atoms with Gasteiger partial charge in [0.05, 0.1) is 0 Å². The molecule has 0 unspecified atom stereocenters. The first-order valence-electron chi connectivity index (χ1n) is 6.81. The van der Waals surface area contributed by atoms with Crippen LogP contribution in [0.15, 0.2) is 24.3 Å². The van der Waals surface area contributed by atoms with Crippen molar-refractivity contribution in [1.82, 2.24) is 5.32 Å². The van der Waals surface area contributed by atoms with E-state index in [2.05, 4.69) is 5.32 Å². The second kappa shape index (κ2) is 5.95. The number of anilines is 1. The third-order valence-corrected chi connectivity index (χ3v) is 3.60. The minimum atomic E-state index is -1.12. The molecule has 0 radical (unpaired) electrons. The topological polar surface area (TPSA) is 86.7 Å². The Kier molecular flexibility index (Phi) is 4.26. The molecule has 2 amide bonds. The molecule has 2 atom stereocenters. The van der Waals surface area contributed by atoms with Gasteiger partial charge in [0.25, 0.3) is 0 Å². The number of aryl methyl sites for hydroxylation is 1. The SMILES string of the molecule is Cc1ccc(N2CC[C@@H](C(=O)N[C@H](C)C(=O)O)C2=O)cc1. The van der Waals surface area contributed by atoms with E-state index in [0.717, 1.165) is 11.3 Å². The molecule has 6 nitrogen and oxygen atoms in total. The lowest BCUT2D eigenvalue weighted by molar-refractivity contribution is -0.143. The van der Waals surface area contributed by atoms with Crippen molar-refractivity contribution in [1.29, 1.82) is 0 Å². The second-order valence-corrected chi connectivity index (χ2v) is 5.24. The van der Waals surface area contributed by atoms with Crippen LogP contribution in [0.25, 0.3) is 0 Å². The molecule has 0 aliphatic carbocycles. The van der Waals surface area contributed by atoms with Crippen LogP contribution in [0.4, 0.5) is 5.69 Å². The van der Waals surface area contributed by atoms with Crippen LogP contribution in [-0.2, 0) is 14.4 Å². The largest absolute Gasteiger partial charge is 0.480 e. The number of nitrogens with one attached hydrogen (secondary N) is 1. The molecule has 1 saturated heterocycles. The molecule has 1 aromatic carbocycles. The summed E-state index contributed by atoms with van der Waals surface area (Å²) in [6.07, 6.45) is 0.394. The summed E-state index contributed by atoms with van der Waals surface area (Å²) in [7, 11) is 0. The lowest BCUT2D eigenvalue weighted by Gasteiger charge is -2.17. The Morgan fingerprint density at radius 2 is 1.95 bits per heavy atom. The second-order valence-electron chi connectivity index (χ2n) is 5.24. The highest BCUT2D eigenvalue weighted by Crippen LogP contribution is 2.25. The number of hydrogen-bond donors (Lipinski definition) is 2. The van der Waals surface area contributed by atoms with Gasteiger partial charge in [-0.15, -0.1) is 0 Å². The van der Waals surface area contributed by atoms with Gasteiger partial charge in [0.15, 0.2) is 0 Å². The monoisotopic (exact) mass is 290 g/mol. The average Bonchev–Trinajstić information content (AvgIpc) is 2.81. The molecule has 2 N–H and O–H groups in total. The number of aliphatic carboxylic acids is 1. The van der Waals surface area contributed by atoms with E-state index in [9.17, 15) is 14.4 Å². The van der Waals surface area contributed by atoms with Crippen molar-refractivity contribution < 1.29 is 19.5 Å². The van der Waals surface area contributed by atoms with Crippen LogP contribution in [0, 0.1) is 12.8 Å². The van der Waals surface area contributed by atoms with Gasteiger partial charge in [0, 0.05) is 12.2 Å². The molecule has 1 aliphatic rings. The molecule has 1 aromatic rings. The number of carbonyl (C=O) groups is 3. The number of hydrogen-bond acceptors (Lipinski definition) is 3. The number of rotatable bonds is 4. The lowest BCUT2D eigenvalue weighted by atomic mass is 10.1. The first-order chi connectivity index (χ1) is 9.90. The summed E-state index contributed by atoms with van der Waals surface area (Å²) in [5, 5.41) is 11.1. The maximum Gasteiger partial charge on any atom is 0.325 e. The summed E-state index contributed by atoms with van der Waals surface area (Å²) in [4.78, 5) is 36.6. The van der Waals surface area contributed by atoms with Gasteiger partial charge in [-0.3, -0.25) is 14.4 Å². The van der Waals surface area contributed by atoms with Crippen LogP contribution < -0.4 is 10.2 Å². The van der Waals surface area contributed by atoms with E-state index in [1.165, 1.54) is 6.92 Å². The number of benzene rings is 1. The van der Waals surface area contributed by atoms with Crippen LogP contribution in [0.3, 0.4) is 0 Å². The third kappa shape index (κ3) is 3.21. The van der Waals surface area contributed by atoms with Gasteiger partial charge < -0.3 is 15.3 Å². The average molecular weight is 290 g/mol. The molecule has 0 saturated carbocycles. The highest BCUT2D eigenvalue weighted by atomic mass is 16.4. The fraction of sp³-hybridized carbons (Fsp3) is 0.400. The van der Waals surface area contributed by atoms with Crippen molar-refractivity contribution in [2.45, 2.75) is 26.3 Å². The van der Waals surface area contributed by atoms with Crippen LogP contribution >= 0.6 is 0 Å². The molecule has 1 aliphatic heterocycles. The third-order valence-electron chi connectivity index (χ3n) is 3.60. The van der Waals surface area contributed by atoms with Gasteiger partial charge in [-0.2, -0.15) is 0 Å². The minimum Gasteiger partial charge on any atom is -0.480 e. The highest BCUT2D eigenvalue weighted by molar-refractivity contribution is 6.10.